The summed E-state index contributed by atoms with van der Waals surface area (Å²) in [5.74, 6) is -0.443. The second-order valence-electron chi connectivity index (χ2n) is 5.32. The van der Waals surface area contributed by atoms with Crippen LogP contribution < -0.4 is 10.6 Å². The van der Waals surface area contributed by atoms with Crippen LogP contribution in [0.2, 0.25) is 5.02 Å². The van der Waals surface area contributed by atoms with Gasteiger partial charge in [-0.15, -0.1) is 0 Å². The summed E-state index contributed by atoms with van der Waals surface area (Å²) < 4.78 is 12.8. The zero-order valence-electron chi connectivity index (χ0n) is 12.5. The molecule has 0 aromatic heterocycles. The Hall–Kier alpha value is -1.91. The van der Waals surface area contributed by atoms with E-state index in [-0.39, 0.29) is 23.8 Å². The average molecular weight is 322 g/mol. The first-order valence-corrected chi connectivity index (χ1v) is 7.50. The van der Waals surface area contributed by atoms with Crippen LogP contribution >= 0.6 is 11.6 Å². The number of nitrogens with two attached hydrogens (primary N) is 1. The number of halogens is 2. The van der Waals surface area contributed by atoms with Crippen molar-refractivity contribution < 1.29 is 14.5 Å². The molecule has 0 spiro atoms. The monoisotopic (exact) mass is 321 g/mol. The van der Waals surface area contributed by atoms with Gasteiger partial charge in [0, 0.05) is 16.3 Å². The van der Waals surface area contributed by atoms with E-state index in [9.17, 15) is 9.18 Å². The minimum Gasteiger partial charge on any atom is -0.330 e. The lowest BCUT2D eigenvalue weighted by Gasteiger charge is -2.17. The fourth-order valence-corrected chi connectivity index (χ4v) is 2.31. The lowest BCUT2D eigenvalue weighted by molar-refractivity contribution is -0.709. The van der Waals surface area contributed by atoms with Crippen LogP contribution in [-0.2, 0) is 4.79 Å². The van der Waals surface area contributed by atoms with E-state index >= 15 is 0 Å². The van der Waals surface area contributed by atoms with Crippen molar-refractivity contribution in [2.75, 3.05) is 5.32 Å². The predicted octanol–water partition coefficient (Wildman–Crippen LogP) is 3.13. The van der Waals surface area contributed by atoms with Crippen LogP contribution in [0.5, 0.6) is 0 Å². The highest BCUT2D eigenvalue weighted by molar-refractivity contribution is 6.30. The van der Waals surface area contributed by atoms with E-state index in [0.717, 1.165) is 5.56 Å². The van der Waals surface area contributed by atoms with E-state index in [1.165, 1.54) is 12.1 Å². The molecule has 0 fully saturated rings. The molecule has 0 unspecified atom stereocenters. The lowest BCUT2D eigenvalue weighted by atomic mass is 10.1. The predicted molar refractivity (Wildman–Crippen MR) is 86.3 cm³/mol. The van der Waals surface area contributed by atoms with Crippen molar-refractivity contribution in [3.8, 4) is 0 Å². The van der Waals surface area contributed by atoms with Crippen molar-refractivity contribution in [1.82, 2.24) is 0 Å². The molecular weight excluding hydrogens is 303 g/mol. The molecule has 2 aromatic rings. The Balaban J connectivity index is 1.93. The number of nitrogens with one attached hydrogen (secondary N) is 1. The smallest absolute Gasteiger partial charge is 0.282 e. The second kappa shape index (κ2) is 7.38. The minimum absolute atomic E-state index is 0.118. The van der Waals surface area contributed by atoms with E-state index in [1.54, 1.807) is 12.1 Å². The van der Waals surface area contributed by atoms with Crippen molar-refractivity contribution >= 4 is 23.2 Å². The summed E-state index contributed by atoms with van der Waals surface area (Å²) >= 11 is 5.87. The molecule has 0 saturated carbocycles. The number of amides is 1. The maximum atomic E-state index is 12.8. The highest BCUT2D eigenvalue weighted by atomic mass is 35.5. The van der Waals surface area contributed by atoms with Crippen LogP contribution in [0.3, 0.4) is 0 Å². The van der Waals surface area contributed by atoms with Gasteiger partial charge in [-0.3, -0.25) is 4.79 Å². The summed E-state index contributed by atoms with van der Waals surface area (Å²) in [6.45, 7) is 3.87. The molecule has 3 N–H and O–H groups in total. The van der Waals surface area contributed by atoms with Crippen LogP contribution in [0.4, 0.5) is 10.1 Å². The average Bonchev–Trinajstić information content (AvgIpc) is 2.50. The van der Waals surface area contributed by atoms with E-state index in [4.69, 9.17) is 11.6 Å². The van der Waals surface area contributed by atoms with E-state index in [2.05, 4.69) is 5.32 Å². The summed E-state index contributed by atoms with van der Waals surface area (Å²) in [5.41, 5.74) is 1.69. The number of carbonyl (C=O) groups excluding carboxylic acids is 1. The first kappa shape index (κ1) is 16.5. The van der Waals surface area contributed by atoms with Crippen molar-refractivity contribution in [1.29, 1.82) is 0 Å². The summed E-state index contributed by atoms with van der Waals surface area (Å²) in [7, 11) is 0. The number of anilines is 1. The van der Waals surface area contributed by atoms with E-state index in [1.807, 2.05) is 43.4 Å². The zero-order chi connectivity index (χ0) is 16.1. The topological polar surface area (TPSA) is 45.7 Å². The second-order valence-corrected chi connectivity index (χ2v) is 5.75. The third-order valence-electron chi connectivity index (χ3n) is 3.50. The number of rotatable bonds is 5. The Morgan fingerprint density at radius 2 is 1.68 bits per heavy atom. The Bertz CT molecular complexity index is 628. The van der Waals surface area contributed by atoms with Crippen LogP contribution in [0.25, 0.3) is 0 Å². The molecular formula is C17H19ClFN2O+. The summed E-state index contributed by atoms with van der Waals surface area (Å²) in [5, 5.41) is 5.44. The van der Waals surface area contributed by atoms with Gasteiger partial charge >= 0.3 is 0 Å². The molecule has 0 aliphatic rings. The van der Waals surface area contributed by atoms with Gasteiger partial charge in [0.05, 0.1) is 0 Å². The molecule has 2 rings (SSSR count). The molecule has 2 atom stereocenters. The van der Waals surface area contributed by atoms with Gasteiger partial charge in [0.25, 0.3) is 5.91 Å². The molecule has 0 heterocycles. The fraction of sp³-hybridized carbons (Fsp3) is 0.235. The molecule has 22 heavy (non-hydrogen) atoms. The number of benzene rings is 2. The first-order chi connectivity index (χ1) is 10.5. The molecule has 2 aromatic carbocycles. The number of hydrogen-bond donors (Lipinski definition) is 2. The Morgan fingerprint density at radius 3 is 2.27 bits per heavy atom. The Labute approximate surface area is 134 Å². The van der Waals surface area contributed by atoms with Gasteiger partial charge in [-0.1, -0.05) is 23.7 Å². The maximum absolute atomic E-state index is 12.8. The zero-order valence-corrected chi connectivity index (χ0v) is 13.3. The molecule has 0 aliphatic carbocycles. The largest absolute Gasteiger partial charge is 0.330 e. The number of carbonyl (C=O) groups is 1. The molecule has 0 radical (unpaired) electrons. The lowest BCUT2D eigenvalue weighted by Crippen LogP contribution is -2.91. The van der Waals surface area contributed by atoms with Crippen molar-refractivity contribution in [3.63, 3.8) is 0 Å². The van der Waals surface area contributed by atoms with Crippen LogP contribution in [0.15, 0.2) is 48.5 Å². The molecule has 3 nitrogen and oxygen atoms in total. The van der Waals surface area contributed by atoms with Crippen LogP contribution in [0, 0.1) is 5.82 Å². The van der Waals surface area contributed by atoms with Gasteiger partial charge in [0.1, 0.15) is 11.9 Å². The van der Waals surface area contributed by atoms with Gasteiger partial charge in [0.15, 0.2) is 6.04 Å². The fourth-order valence-electron chi connectivity index (χ4n) is 2.19. The molecule has 116 valence electrons. The first-order valence-electron chi connectivity index (χ1n) is 7.12. The maximum Gasteiger partial charge on any atom is 0.282 e. The van der Waals surface area contributed by atoms with Crippen molar-refractivity contribution in [2.45, 2.75) is 25.9 Å². The number of hydrogen-bond acceptors (Lipinski definition) is 1. The number of quaternary nitrogens is 1. The Kier molecular flexibility index (Phi) is 5.52. The third-order valence-corrected chi connectivity index (χ3v) is 3.75. The molecule has 5 heteroatoms. The van der Waals surface area contributed by atoms with Gasteiger partial charge in [-0.25, -0.2) is 4.39 Å². The van der Waals surface area contributed by atoms with Crippen LogP contribution in [0.1, 0.15) is 25.5 Å². The minimum atomic E-state index is -0.325. The standard InChI is InChI=1S/C17H18ClFN2O/c1-11(13-3-5-14(18)6-4-13)20-12(2)17(22)21-16-9-7-15(19)8-10-16/h3-12,20H,1-2H3,(H,21,22)/p+1/t11-,12+/m1/s1. The normalized spacial score (nSPS) is 13.5. The van der Waals surface area contributed by atoms with Gasteiger partial charge in [0.2, 0.25) is 0 Å². The highest BCUT2D eigenvalue weighted by Crippen LogP contribution is 2.14. The van der Waals surface area contributed by atoms with E-state index < -0.39 is 0 Å². The van der Waals surface area contributed by atoms with Gasteiger partial charge in [-0.2, -0.15) is 0 Å². The Morgan fingerprint density at radius 1 is 1.09 bits per heavy atom. The SMILES string of the molecule is C[C@H]([NH2+][C@H](C)c1ccc(Cl)cc1)C(=O)Nc1ccc(F)cc1. The molecule has 0 aliphatic heterocycles. The van der Waals surface area contributed by atoms with Gasteiger partial charge < -0.3 is 10.6 Å². The third kappa shape index (κ3) is 4.55. The van der Waals surface area contributed by atoms with E-state index in [0.29, 0.717) is 10.7 Å². The molecule has 1 amide bonds. The summed E-state index contributed by atoms with van der Waals surface area (Å²) in [4.78, 5) is 12.2. The summed E-state index contributed by atoms with van der Waals surface area (Å²) in [6, 6.07) is 13.2. The highest BCUT2D eigenvalue weighted by Gasteiger charge is 2.20. The van der Waals surface area contributed by atoms with Crippen molar-refractivity contribution in [2.24, 2.45) is 0 Å². The van der Waals surface area contributed by atoms with Crippen LogP contribution in [-0.4, -0.2) is 11.9 Å². The van der Waals surface area contributed by atoms with Crippen molar-refractivity contribution in [3.05, 3.63) is 64.9 Å². The molecule has 0 saturated heterocycles. The quantitative estimate of drug-likeness (QED) is 0.873. The van der Waals surface area contributed by atoms with Gasteiger partial charge in [-0.05, 0) is 50.2 Å². The summed E-state index contributed by atoms with van der Waals surface area (Å²) in [6.07, 6.45) is 0. The molecule has 0 bridgehead atoms.